The Morgan fingerprint density at radius 1 is 1.00 bits per heavy atom. The Morgan fingerprint density at radius 3 is 2.43 bits per heavy atom. The van der Waals surface area contributed by atoms with Gasteiger partial charge in [0.05, 0.1) is 10.6 Å². The van der Waals surface area contributed by atoms with Crippen LogP contribution in [0.3, 0.4) is 0 Å². The van der Waals surface area contributed by atoms with Crippen molar-refractivity contribution in [2.75, 3.05) is 18.8 Å². The minimum absolute atomic E-state index is 0.0102. The summed E-state index contributed by atoms with van der Waals surface area (Å²) >= 11 is 14.3. The summed E-state index contributed by atoms with van der Waals surface area (Å²) in [6.45, 7) is 1.45. The molecule has 1 aliphatic rings. The molecule has 1 atom stereocenters. The van der Waals surface area contributed by atoms with Crippen LogP contribution in [-0.2, 0) is 0 Å². The predicted molar refractivity (Wildman–Crippen MR) is 98.6 cm³/mol. The van der Waals surface area contributed by atoms with Crippen molar-refractivity contribution < 1.29 is 4.79 Å². The van der Waals surface area contributed by atoms with E-state index < -0.39 is 0 Å². The highest BCUT2D eigenvalue weighted by molar-refractivity contribution is 7.99. The topological polar surface area (TPSA) is 20.3 Å². The fourth-order valence-electron chi connectivity index (χ4n) is 2.76. The first-order valence-corrected chi connectivity index (χ1v) is 9.37. The highest BCUT2D eigenvalue weighted by atomic mass is 35.5. The van der Waals surface area contributed by atoms with Crippen molar-refractivity contribution >= 4 is 40.9 Å². The smallest absolute Gasteiger partial charge is 0.255 e. The molecule has 0 N–H and O–H groups in total. The Labute approximate surface area is 150 Å². The van der Waals surface area contributed by atoms with Gasteiger partial charge in [-0.05, 0) is 30.2 Å². The summed E-state index contributed by atoms with van der Waals surface area (Å²) in [6, 6.07) is 15.2. The number of nitrogens with zero attached hydrogens (tertiary/aromatic N) is 1. The minimum Gasteiger partial charge on any atom is -0.338 e. The van der Waals surface area contributed by atoms with Crippen molar-refractivity contribution in [3.8, 4) is 0 Å². The van der Waals surface area contributed by atoms with E-state index in [1.165, 1.54) is 0 Å². The van der Waals surface area contributed by atoms with E-state index in [9.17, 15) is 4.79 Å². The summed E-state index contributed by atoms with van der Waals surface area (Å²) < 4.78 is 0. The van der Waals surface area contributed by atoms with E-state index in [1.54, 1.807) is 12.1 Å². The Balaban J connectivity index is 1.73. The van der Waals surface area contributed by atoms with Crippen LogP contribution in [0, 0.1) is 0 Å². The van der Waals surface area contributed by atoms with Gasteiger partial charge in [-0.1, -0.05) is 53.5 Å². The number of thioether (sulfide) groups is 1. The molecule has 1 amide bonds. The number of carbonyl (C=O) groups excluding carboxylic acids is 1. The average molecular weight is 366 g/mol. The van der Waals surface area contributed by atoms with Crippen LogP contribution >= 0.6 is 35.0 Å². The lowest BCUT2D eigenvalue weighted by Gasteiger charge is -2.21. The zero-order chi connectivity index (χ0) is 16.2. The van der Waals surface area contributed by atoms with Crippen molar-refractivity contribution in [2.45, 2.75) is 11.7 Å². The number of rotatable bonds is 2. The van der Waals surface area contributed by atoms with Gasteiger partial charge >= 0.3 is 0 Å². The van der Waals surface area contributed by atoms with Crippen LogP contribution < -0.4 is 0 Å². The molecule has 1 aliphatic heterocycles. The third-order valence-electron chi connectivity index (χ3n) is 3.99. The highest BCUT2D eigenvalue weighted by Crippen LogP contribution is 2.38. The summed E-state index contributed by atoms with van der Waals surface area (Å²) in [4.78, 5) is 14.6. The van der Waals surface area contributed by atoms with Crippen molar-refractivity contribution in [1.82, 2.24) is 4.90 Å². The number of hydrogen-bond donors (Lipinski definition) is 0. The Morgan fingerprint density at radius 2 is 1.70 bits per heavy atom. The van der Waals surface area contributed by atoms with Crippen LogP contribution in [0.4, 0.5) is 0 Å². The lowest BCUT2D eigenvalue weighted by atomic mass is 10.1. The molecular weight excluding hydrogens is 349 g/mol. The molecule has 0 bridgehead atoms. The standard InChI is InChI=1S/C18H17Cl2NOS/c19-15-7-3-1-5-13(15)17-9-10-21(11-12-23-17)18(22)14-6-2-4-8-16(14)20/h1-8,17H,9-12H2. The molecule has 1 unspecified atom stereocenters. The molecule has 0 aromatic heterocycles. The molecule has 23 heavy (non-hydrogen) atoms. The first kappa shape index (κ1) is 16.7. The number of benzene rings is 2. The number of carbonyl (C=O) groups is 1. The summed E-state index contributed by atoms with van der Waals surface area (Å²) in [6.07, 6.45) is 0.893. The molecule has 2 aromatic carbocycles. The zero-order valence-electron chi connectivity index (χ0n) is 12.5. The largest absolute Gasteiger partial charge is 0.338 e. The maximum absolute atomic E-state index is 12.7. The van der Waals surface area contributed by atoms with E-state index in [1.807, 2.05) is 47.0 Å². The van der Waals surface area contributed by atoms with Gasteiger partial charge in [-0.2, -0.15) is 11.8 Å². The molecule has 120 valence electrons. The van der Waals surface area contributed by atoms with Crippen molar-refractivity contribution in [2.24, 2.45) is 0 Å². The molecule has 2 aromatic rings. The average Bonchev–Trinajstić information content (AvgIpc) is 2.81. The van der Waals surface area contributed by atoms with Crippen LogP contribution in [0.15, 0.2) is 48.5 Å². The van der Waals surface area contributed by atoms with E-state index in [-0.39, 0.29) is 5.91 Å². The van der Waals surface area contributed by atoms with Gasteiger partial charge in [0.15, 0.2) is 0 Å². The number of halogens is 2. The summed E-state index contributed by atoms with van der Waals surface area (Å²) in [5, 5.41) is 1.64. The Kier molecular flexibility index (Phi) is 5.52. The Bertz CT molecular complexity index is 707. The third kappa shape index (κ3) is 3.85. The van der Waals surface area contributed by atoms with Gasteiger partial charge in [-0.25, -0.2) is 0 Å². The number of hydrogen-bond acceptors (Lipinski definition) is 2. The number of amides is 1. The molecule has 0 aliphatic carbocycles. The van der Waals surface area contributed by atoms with Crippen LogP contribution in [0.1, 0.15) is 27.6 Å². The first-order valence-electron chi connectivity index (χ1n) is 7.56. The lowest BCUT2D eigenvalue weighted by molar-refractivity contribution is 0.0767. The molecule has 3 rings (SSSR count). The fraction of sp³-hybridized carbons (Fsp3) is 0.278. The summed E-state index contributed by atoms with van der Waals surface area (Å²) in [5.41, 5.74) is 1.74. The second-order valence-electron chi connectivity index (χ2n) is 5.44. The summed E-state index contributed by atoms with van der Waals surface area (Å²) in [5.74, 6) is 0.905. The quantitative estimate of drug-likeness (QED) is 0.718. The predicted octanol–water partition coefficient (Wildman–Crippen LogP) is 5.31. The van der Waals surface area contributed by atoms with Crippen molar-refractivity contribution in [1.29, 1.82) is 0 Å². The van der Waals surface area contributed by atoms with E-state index in [0.717, 1.165) is 29.3 Å². The second kappa shape index (κ2) is 7.61. The normalized spacial score (nSPS) is 18.5. The van der Waals surface area contributed by atoms with Gasteiger partial charge in [0.25, 0.3) is 5.91 Å². The molecule has 0 spiro atoms. The van der Waals surface area contributed by atoms with Crippen molar-refractivity contribution in [3.63, 3.8) is 0 Å². The SMILES string of the molecule is O=C(c1ccccc1Cl)N1CCSC(c2ccccc2Cl)CC1. The molecule has 1 heterocycles. The van der Waals surface area contributed by atoms with Crippen LogP contribution in [0.2, 0.25) is 10.0 Å². The minimum atomic E-state index is 0.0102. The van der Waals surface area contributed by atoms with Crippen LogP contribution in [0.5, 0.6) is 0 Å². The van der Waals surface area contributed by atoms with E-state index in [2.05, 4.69) is 6.07 Å². The lowest BCUT2D eigenvalue weighted by Crippen LogP contribution is -2.33. The maximum Gasteiger partial charge on any atom is 0.255 e. The summed E-state index contributed by atoms with van der Waals surface area (Å²) in [7, 11) is 0. The van der Waals surface area contributed by atoms with Crippen LogP contribution in [0.25, 0.3) is 0 Å². The van der Waals surface area contributed by atoms with Gasteiger partial charge in [-0.15, -0.1) is 0 Å². The fourth-order valence-corrected chi connectivity index (χ4v) is 4.58. The molecule has 0 radical (unpaired) electrons. The maximum atomic E-state index is 12.7. The molecule has 1 saturated heterocycles. The van der Waals surface area contributed by atoms with E-state index >= 15 is 0 Å². The van der Waals surface area contributed by atoms with E-state index in [0.29, 0.717) is 22.4 Å². The first-order chi connectivity index (χ1) is 11.2. The van der Waals surface area contributed by atoms with Gasteiger partial charge in [0, 0.05) is 29.1 Å². The van der Waals surface area contributed by atoms with Crippen LogP contribution in [-0.4, -0.2) is 29.6 Å². The zero-order valence-corrected chi connectivity index (χ0v) is 14.9. The van der Waals surface area contributed by atoms with Gasteiger partial charge in [0.1, 0.15) is 0 Å². The second-order valence-corrected chi connectivity index (χ2v) is 7.57. The molecule has 2 nitrogen and oxygen atoms in total. The monoisotopic (exact) mass is 365 g/mol. The molecule has 0 saturated carbocycles. The Hall–Kier alpha value is -1.16. The molecule has 1 fully saturated rings. The molecular formula is C18H17Cl2NOS. The van der Waals surface area contributed by atoms with Gasteiger partial charge < -0.3 is 4.90 Å². The van der Waals surface area contributed by atoms with Crippen molar-refractivity contribution in [3.05, 3.63) is 69.7 Å². The van der Waals surface area contributed by atoms with Gasteiger partial charge in [0.2, 0.25) is 0 Å². The van der Waals surface area contributed by atoms with E-state index in [4.69, 9.17) is 23.2 Å². The third-order valence-corrected chi connectivity index (χ3v) is 5.97. The molecule has 5 heteroatoms. The highest BCUT2D eigenvalue weighted by Gasteiger charge is 2.24. The van der Waals surface area contributed by atoms with Gasteiger partial charge in [-0.3, -0.25) is 4.79 Å².